The number of carbonyl (C=O) groups excluding carboxylic acids is 2. The number of benzene rings is 3. The number of aryl methyl sites for hydroxylation is 1. The minimum atomic E-state index is -0.570. The summed E-state index contributed by atoms with van der Waals surface area (Å²) in [4.78, 5) is 25.8. The quantitative estimate of drug-likeness (QED) is 0.238. The van der Waals surface area contributed by atoms with Crippen molar-refractivity contribution in [1.82, 2.24) is 4.37 Å². The molecule has 1 heterocycles. The standard InChI is InChI=1S/C30H27ClN2O4S/c1-18(24-6-4-5-7-25(24)31)37-29(35)32-26-19(2)38-33-27(26)22-10-8-20(9-11-22)21-12-14-23(15-13-21)30(16-17-30)28(34)36-3/h4-15,18H,16-17H2,1-3H3,(H,32,35)/t18-/m1/s1. The van der Waals surface area contributed by atoms with Crippen molar-refractivity contribution >= 4 is 40.9 Å². The lowest BCUT2D eigenvalue weighted by Crippen LogP contribution is -2.21. The minimum Gasteiger partial charge on any atom is -0.468 e. The van der Waals surface area contributed by atoms with Gasteiger partial charge in [0.05, 0.1) is 18.2 Å². The van der Waals surface area contributed by atoms with Crippen LogP contribution in [0.2, 0.25) is 5.02 Å². The second-order valence-corrected chi connectivity index (χ2v) is 10.8. The van der Waals surface area contributed by atoms with Gasteiger partial charge >= 0.3 is 12.1 Å². The Balaban J connectivity index is 1.30. The molecule has 0 aliphatic heterocycles. The van der Waals surface area contributed by atoms with Crippen molar-refractivity contribution in [3.8, 4) is 22.4 Å². The second-order valence-electron chi connectivity index (χ2n) is 9.38. The van der Waals surface area contributed by atoms with E-state index in [0.717, 1.165) is 45.5 Å². The number of nitrogens with zero attached hydrogens (tertiary/aromatic N) is 1. The summed E-state index contributed by atoms with van der Waals surface area (Å²) in [7, 11) is 1.44. The van der Waals surface area contributed by atoms with E-state index < -0.39 is 17.6 Å². The molecule has 1 N–H and O–H groups in total. The highest BCUT2D eigenvalue weighted by molar-refractivity contribution is 7.06. The number of carbonyl (C=O) groups is 2. The van der Waals surface area contributed by atoms with E-state index in [4.69, 9.17) is 21.1 Å². The SMILES string of the molecule is COC(=O)C1(c2ccc(-c3ccc(-c4nsc(C)c4NC(=O)O[C@H](C)c4ccccc4Cl)cc3)cc2)CC1. The average molecular weight is 547 g/mol. The van der Waals surface area contributed by atoms with Crippen molar-refractivity contribution in [2.24, 2.45) is 0 Å². The van der Waals surface area contributed by atoms with Crippen LogP contribution in [0.15, 0.2) is 72.8 Å². The fourth-order valence-electron chi connectivity index (χ4n) is 4.61. The fraction of sp³-hybridized carbons (Fsp3) is 0.233. The Hall–Kier alpha value is -3.68. The van der Waals surface area contributed by atoms with Crippen LogP contribution >= 0.6 is 23.1 Å². The molecule has 4 aromatic rings. The molecule has 0 spiro atoms. The first-order valence-electron chi connectivity index (χ1n) is 12.3. The Morgan fingerprint density at radius 2 is 1.58 bits per heavy atom. The minimum absolute atomic E-state index is 0.167. The summed E-state index contributed by atoms with van der Waals surface area (Å²) < 4.78 is 15.2. The van der Waals surface area contributed by atoms with Crippen molar-refractivity contribution in [3.05, 3.63) is 93.8 Å². The van der Waals surface area contributed by atoms with E-state index in [1.54, 1.807) is 13.0 Å². The number of anilines is 1. The zero-order valence-electron chi connectivity index (χ0n) is 21.3. The van der Waals surface area contributed by atoms with E-state index >= 15 is 0 Å². The van der Waals surface area contributed by atoms with Crippen molar-refractivity contribution in [2.45, 2.75) is 38.2 Å². The lowest BCUT2D eigenvalue weighted by atomic mass is 9.93. The molecule has 0 saturated heterocycles. The molecule has 1 aliphatic rings. The first-order chi connectivity index (χ1) is 18.3. The number of nitrogens with one attached hydrogen (secondary N) is 1. The molecule has 0 unspecified atom stereocenters. The number of aromatic nitrogens is 1. The van der Waals surface area contributed by atoms with Gasteiger partial charge in [0, 0.05) is 21.0 Å². The van der Waals surface area contributed by atoms with Gasteiger partial charge in [-0.15, -0.1) is 0 Å². The molecule has 1 aromatic heterocycles. The smallest absolute Gasteiger partial charge is 0.412 e. The van der Waals surface area contributed by atoms with Gasteiger partial charge in [0.25, 0.3) is 0 Å². The van der Waals surface area contributed by atoms with Crippen LogP contribution < -0.4 is 5.32 Å². The van der Waals surface area contributed by atoms with E-state index in [-0.39, 0.29) is 5.97 Å². The number of methoxy groups -OCH3 is 1. The molecule has 194 valence electrons. The van der Waals surface area contributed by atoms with Crippen LogP contribution in [-0.2, 0) is 19.7 Å². The molecule has 8 heteroatoms. The molecule has 3 aromatic carbocycles. The second kappa shape index (κ2) is 10.6. The maximum Gasteiger partial charge on any atom is 0.412 e. The first kappa shape index (κ1) is 25.9. The highest BCUT2D eigenvalue weighted by atomic mass is 35.5. The molecular formula is C30H27ClN2O4S. The predicted octanol–water partition coefficient (Wildman–Crippen LogP) is 7.95. The van der Waals surface area contributed by atoms with Gasteiger partial charge in [-0.05, 0) is 61.0 Å². The summed E-state index contributed by atoms with van der Waals surface area (Å²) in [5.74, 6) is -0.167. The van der Waals surface area contributed by atoms with Crippen LogP contribution in [0.5, 0.6) is 0 Å². The van der Waals surface area contributed by atoms with E-state index in [9.17, 15) is 9.59 Å². The Morgan fingerprint density at radius 3 is 2.18 bits per heavy atom. The van der Waals surface area contributed by atoms with E-state index in [1.807, 2.05) is 73.7 Å². The van der Waals surface area contributed by atoms with Gasteiger partial charge in [-0.2, -0.15) is 4.37 Å². The van der Waals surface area contributed by atoms with Gasteiger partial charge in [0.15, 0.2) is 0 Å². The third kappa shape index (κ3) is 5.04. The number of hydrogen-bond donors (Lipinski definition) is 1. The summed E-state index contributed by atoms with van der Waals surface area (Å²) in [6, 6.07) is 23.4. The normalized spacial score (nSPS) is 14.4. The van der Waals surface area contributed by atoms with Crippen LogP contribution in [0, 0.1) is 6.92 Å². The lowest BCUT2D eigenvalue weighted by Gasteiger charge is -2.16. The summed E-state index contributed by atoms with van der Waals surface area (Å²) in [6.07, 6.45) is 0.568. The Bertz CT molecular complexity index is 1480. The fourth-order valence-corrected chi connectivity index (χ4v) is 5.56. The van der Waals surface area contributed by atoms with E-state index in [2.05, 4.69) is 9.69 Å². The molecule has 0 radical (unpaired) electrons. The highest BCUT2D eigenvalue weighted by Gasteiger charge is 2.52. The van der Waals surface area contributed by atoms with Crippen LogP contribution in [0.25, 0.3) is 22.4 Å². The molecule has 5 rings (SSSR count). The van der Waals surface area contributed by atoms with Crippen molar-refractivity contribution < 1.29 is 19.1 Å². The first-order valence-corrected chi connectivity index (χ1v) is 13.5. The lowest BCUT2D eigenvalue weighted by molar-refractivity contribution is -0.143. The molecule has 1 saturated carbocycles. The zero-order chi connectivity index (χ0) is 26.9. The number of amides is 1. The van der Waals surface area contributed by atoms with Gasteiger partial charge in [0.2, 0.25) is 0 Å². The van der Waals surface area contributed by atoms with Gasteiger partial charge in [-0.1, -0.05) is 78.3 Å². The number of hydrogen-bond acceptors (Lipinski definition) is 6. The number of rotatable bonds is 7. The van der Waals surface area contributed by atoms with Crippen LogP contribution in [0.3, 0.4) is 0 Å². The molecule has 1 fully saturated rings. The van der Waals surface area contributed by atoms with Gasteiger partial charge in [0.1, 0.15) is 11.8 Å². The monoisotopic (exact) mass is 546 g/mol. The third-order valence-electron chi connectivity index (χ3n) is 6.97. The average Bonchev–Trinajstić information content (AvgIpc) is 3.67. The van der Waals surface area contributed by atoms with Crippen LogP contribution in [0.4, 0.5) is 10.5 Å². The summed E-state index contributed by atoms with van der Waals surface area (Å²) in [6.45, 7) is 3.69. The number of ether oxygens (including phenoxy) is 2. The molecule has 0 bridgehead atoms. The van der Waals surface area contributed by atoms with E-state index in [1.165, 1.54) is 18.6 Å². The summed E-state index contributed by atoms with van der Waals surface area (Å²) in [5.41, 5.74) is 5.54. The third-order valence-corrected chi connectivity index (χ3v) is 8.07. The predicted molar refractivity (Wildman–Crippen MR) is 151 cm³/mol. The number of halogens is 1. The molecular weight excluding hydrogens is 520 g/mol. The summed E-state index contributed by atoms with van der Waals surface area (Å²) >= 11 is 7.56. The van der Waals surface area contributed by atoms with Crippen molar-refractivity contribution in [3.63, 3.8) is 0 Å². The Labute approximate surface area is 230 Å². The summed E-state index contributed by atoms with van der Waals surface area (Å²) in [5, 5.41) is 3.42. The highest BCUT2D eigenvalue weighted by Crippen LogP contribution is 2.49. The topological polar surface area (TPSA) is 77.5 Å². The maximum atomic E-state index is 12.7. The molecule has 1 aliphatic carbocycles. The van der Waals surface area contributed by atoms with Crippen LogP contribution in [-0.4, -0.2) is 23.5 Å². The Kier molecular flexibility index (Phi) is 7.23. The maximum absolute atomic E-state index is 12.7. The zero-order valence-corrected chi connectivity index (χ0v) is 22.9. The Morgan fingerprint density at radius 1 is 0.974 bits per heavy atom. The molecule has 1 amide bonds. The van der Waals surface area contributed by atoms with Gasteiger partial charge in [-0.3, -0.25) is 10.1 Å². The van der Waals surface area contributed by atoms with E-state index in [0.29, 0.717) is 16.4 Å². The molecule has 1 atom stereocenters. The van der Waals surface area contributed by atoms with Crippen molar-refractivity contribution in [2.75, 3.05) is 12.4 Å². The number of esters is 1. The van der Waals surface area contributed by atoms with Crippen molar-refractivity contribution in [1.29, 1.82) is 0 Å². The molecule has 38 heavy (non-hydrogen) atoms. The van der Waals surface area contributed by atoms with Gasteiger partial charge < -0.3 is 9.47 Å². The molecule has 6 nitrogen and oxygen atoms in total. The largest absolute Gasteiger partial charge is 0.468 e. The van der Waals surface area contributed by atoms with Gasteiger partial charge in [-0.25, -0.2) is 4.79 Å². The van der Waals surface area contributed by atoms with Crippen LogP contribution in [0.1, 0.15) is 41.9 Å².